The number of aryl methyl sites for hydroxylation is 1. The van der Waals surface area contributed by atoms with Crippen molar-refractivity contribution in [2.45, 2.75) is 27.2 Å². The predicted molar refractivity (Wildman–Crippen MR) is 69.1 cm³/mol. The highest BCUT2D eigenvalue weighted by Crippen LogP contribution is 2.24. The molecule has 1 aromatic rings. The van der Waals surface area contributed by atoms with Crippen LogP contribution in [0.5, 0.6) is 0 Å². The lowest BCUT2D eigenvalue weighted by Crippen LogP contribution is -2.32. The standard InChI is InChI=1S/C12H22N2OS/c1-10-14-8-11(16-10)7-12(2,3)9-13-5-6-15-4/h8,13H,5-7,9H2,1-4H3. The fraction of sp³-hybridized carbons (Fsp3) is 0.750. The zero-order valence-electron chi connectivity index (χ0n) is 10.7. The van der Waals surface area contributed by atoms with Crippen LogP contribution in [0.1, 0.15) is 23.7 Å². The molecular formula is C12H22N2OS. The van der Waals surface area contributed by atoms with Gasteiger partial charge in [0, 0.05) is 31.3 Å². The predicted octanol–water partition coefficient (Wildman–Crippen LogP) is 2.26. The van der Waals surface area contributed by atoms with Crippen LogP contribution in [0.25, 0.3) is 0 Å². The van der Waals surface area contributed by atoms with E-state index in [4.69, 9.17) is 4.74 Å². The molecular weight excluding hydrogens is 220 g/mol. The lowest BCUT2D eigenvalue weighted by atomic mass is 9.89. The molecule has 0 radical (unpaired) electrons. The van der Waals surface area contributed by atoms with Crippen LogP contribution < -0.4 is 5.32 Å². The number of nitrogens with zero attached hydrogens (tertiary/aromatic N) is 1. The van der Waals surface area contributed by atoms with Crippen LogP contribution in [-0.2, 0) is 11.2 Å². The molecule has 1 aromatic heterocycles. The third-order valence-electron chi connectivity index (χ3n) is 2.41. The monoisotopic (exact) mass is 242 g/mol. The van der Waals surface area contributed by atoms with Crippen molar-refractivity contribution in [2.75, 3.05) is 26.8 Å². The van der Waals surface area contributed by atoms with Gasteiger partial charge in [0.2, 0.25) is 0 Å². The smallest absolute Gasteiger partial charge is 0.0896 e. The molecule has 16 heavy (non-hydrogen) atoms. The summed E-state index contributed by atoms with van der Waals surface area (Å²) in [6, 6.07) is 0. The first-order valence-corrected chi connectivity index (χ1v) is 6.46. The first kappa shape index (κ1) is 13.6. The van der Waals surface area contributed by atoms with E-state index < -0.39 is 0 Å². The van der Waals surface area contributed by atoms with Gasteiger partial charge in [0.05, 0.1) is 11.6 Å². The molecule has 0 aliphatic rings. The number of hydrogen-bond acceptors (Lipinski definition) is 4. The van der Waals surface area contributed by atoms with Crippen LogP contribution in [0.2, 0.25) is 0 Å². The van der Waals surface area contributed by atoms with Crippen LogP contribution in [-0.4, -0.2) is 31.8 Å². The number of nitrogens with one attached hydrogen (secondary N) is 1. The summed E-state index contributed by atoms with van der Waals surface area (Å²) in [5.74, 6) is 0. The Morgan fingerprint density at radius 3 is 2.81 bits per heavy atom. The molecule has 1 N–H and O–H groups in total. The van der Waals surface area contributed by atoms with E-state index in [0.29, 0.717) is 0 Å². The molecule has 0 bridgehead atoms. The lowest BCUT2D eigenvalue weighted by molar-refractivity contribution is 0.194. The number of ether oxygens (including phenoxy) is 1. The highest BCUT2D eigenvalue weighted by Gasteiger charge is 2.19. The summed E-state index contributed by atoms with van der Waals surface area (Å²) in [4.78, 5) is 5.66. The largest absolute Gasteiger partial charge is 0.383 e. The fourth-order valence-electron chi connectivity index (χ4n) is 1.62. The van der Waals surface area contributed by atoms with Crippen molar-refractivity contribution in [1.82, 2.24) is 10.3 Å². The van der Waals surface area contributed by atoms with E-state index in [1.165, 1.54) is 4.88 Å². The topological polar surface area (TPSA) is 34.1 Å². The lowest BCUT2D eigenvalue weighted by Gasteiger charge is -2.24. The maximum absolute atomic E-state index is 5.01. The summed E-state index contributed by atoms with van der Waals surface area (Å²) in [5.41, 5.74) is 0.271. The Hall–Kier alpha value is -0.450. The van der Waals surface area contributed by atoms with Crippen LogP contribution in [0.4, 0.5) is 0 Å². The molecule has 0 aliphatic heterocycles. The Labute approximate surface area is 102 Å². The maximum Gasteiger partial charge on any atom is 0.0896 e. The maximum atomic E-state index is 5.01. The highest BCUT2D eigenvalue weighted by atomic mass is 32.1. The summed E-state index contributed by atoms with van der Waals surface area (Å²) < 4.78 is 5.01. The summed E-state index contributed by atoms with van der Waals surface area (Å²) in [7, 11) is 1.73. The molecule has 0 fully saturated rings. The average Bonchev–Trinajstić information content (AvgIpc) is 2.58. The highest BCUT2D eigenvalue weighted by molar-refractivity contribution is 7.11. The molecule has 3 nitrogen and oxygen atoms in total. The van der Waals surface area contributed by atoms with Gasteiger partial charge in [0.1, 0.15) is 0 Å². The van der Waals surface area contributed by atoms with Crippen LogP contribution in [0.15, 0.2) is 6.20 Å². The summed E-state index contributed by atoms with van der Waals surface area (Å²) in [6.07, 6.45) is 3.08. The molecule has 1 heterocycles. The Morgan fingerprint density at radius 1 is 1.50 bits per heavy atom. The molecule has 92 valence electrons. The second kappa shape index (κ2) is 6.33. The van der Waals surface area contributed by atoms with E-state index in [2.05, 4.69) is 31.1 Å². The van der Waals surface area contributed by atoms with Crippen molar-refractivity contribution in [3.63, 3.8) is 0 Å². The van der Waals surface area contributed by atoms with E-state index >= 15 is 0 Å². The minimum Gasteiger partial charge on any atom is -0.383 e. The molecule has 1 rings (SSSR count). The average molecular weight is 242 g/mol. The van der Waals surface area contributed by atoms with E-state index in [0.717, 1.165) is 31.1 Å². The minimum absolute atomic E-state index is 0.271. The van der Waals surface area contributed by atoms with E-state index in [1.807, 2.05) is 6.20 Å². The summed E-state index contributed by atoms with van der Waals surface area (Å²) in [5, 5.41) is 4.56. The van der Waals surface area contributed by atoms with E-state index in [9.17, 15) is 0 Å². The van der Waals surface area contributed by atoms with Crippen LogP contribution in [0.3, 0.4) is 0 Å². The van der Waals surface area contributed by atoms with Gasteiger partial charge in [-0.3, -0.25) is 0 Å². The molecule has 0 amide bonds. The SMILES string of the molecule is COCCNCC(C)(C)Cc1cnc(C)s1. The van der Waals surface area contributed by atoms with Crippen molar-refractivity contribution >= 4 is 11.3 Å². The second-order valence-electron chi connectivity index (χ2n) is 4.86. The van der Waals surface area contributed by atoms with Gasteiger partial charge in [0.25, 0.3) is 0 Å². The van der Waals surface area contributed by atoms with Gasteiger partial charge < -0.3 is 10.1 Å². The Kier molecular flexibility index (Phi) is 5.38. The molecule has 0 aromatic carbocycles. The van der Waals surface area contributed by atoms with Gasteiger partial charge in [-0.1, -0.05) is 13.8 Å². The van der Waals surface area contributed by atoms with Gasteiger partial charge in [-0.05, 0) is 18.8 Å². The summed E-state index contributed by atoms with van der Waals surface area (Å²) in [6.45, 7) is 9.31. The van der Waals surface area contributed by atoms with Crippen molar-refractivity contribution in [1.29, 1.82) is 0 Å². The first-order valence-electron chi connectivity index (χ1n) is 5.64. The molecule has 0 aliphatic carbocycles. The third kappa shape index (κ3) is 5.05. The number of aromatic nitrogens is 1. The van der Waals surface area contributed by atoms with Crippen molar-refractivity contribution in [3.8, 4) is 0 Å². The van der Waals surface area contributed by atoms with Crippen LogP contribution >= 0.6 is 11.3 Å². The van der Waals surface area contributed by atoms with Crippen molar-refractivity contribution < 1.29 is 4.74 Å². The number of methoxy groups -OCH3 is 1. The van der Waals surface area contributed by atoms with Crippen molar-refractivity contribution in [3.05, 3.63) is 16.1 Å². The number of rotatable bonds is 7. The number of hydrogen-bond donors (Lipinski definition) is 1. The molecule has 4 heteroatoms. The quantitative estimate of drug-likeness (QED) is 0.745. The molecule has 0 saturated heterocycles. The van der Waals surface area contributed by atoms with E-state index in [-0.39, 0.29) is 5.41 Å². The number of thiazole rings is 1. The normalized spacial score (nSPS) is 12.0. The van der Waals surface area contributed by atoms with Gasteiger partial charge in [-0.15, -0.1) is 11.3 Å². The van der Waals surface area contributed by atoms with Gasteiger partial charge in [-0.25, -0.2) is 4.98 Å². The van der Waals surface area contributed by atoms with E-state index in [1.54, 1.807) is 18.4 Å². The van der Waals surface area contributed by atoms with Gasteiger partial charge in [-0.2, -0.15) is 0 Å². The molecule has 0 atom stereocenters. The Morgan fingerprint density at radius 2 is 2.25 bits per heavy atom. The Bertz CT molecular complexity index is 310. The molecule has 0 spiro atoms. The minimum atomic E-state index is 0.271. The third-order valence-corrected chi connectivity index (χ3v) is 3.32. The first-order chi connectivity index (χ1) is 7.53. The zero-order chi connectivity index (χ0) is 12.0. The van der Waals surface area contributed by atoms with Crippen molar-refractivity contribution in [2.24, 2.45) is 5.41 Å². The second-order valence-corrected chi connectivity index (χ2v) is 6.18. The molecule has 0 unspecified atom stereocenters. The van der Waals surface area contributed by atoms with Gasteiger partial charge >= 0.3 is 0 Å². The Balaban J connectivity index is 2.33. The molecule has 0 saturated carbocycles. The van der Waals surface area contributed by atoms with Crippen LogP contribution in [0, 0.1) is 12.3 Å². The van der Waals surface area contributed by atoms with Gasteiger partial charge in [0.15, 0.2) is 0 Å². The zero-order valence-corrected chi connectivity index (χ0v) is 11.5. The fourth-order valence-corrected chi connectivity index (χ4v) is 2.68. The summed E-state index contributed by atoms with van der Waals surface area (Å²) >= 11 is 1.79.